The second-order valence-corrected chi connectivity index (χ2v) is 3.97. The number of amides is 1. The van der Waals surface area contributed by atoms with E-state index in [2.05, 4.69) is 10.6 Å². The van der Waals surface area contributed by atoms with Gasteiger partial charge in [0.15, 0.2) is 0 Å². The van der Waals surface area contributed by atoms with Gasteiger partial charge in [-0.05, 0) is 25.8 Å². The third-order valence-corrected chi connectivity index (χ3v) is 2.67. The zero-order valence-electron chi connectivity index (χ0n) is 8.95. The quantitative estimate of drug-likeness (QED) is 0.600. The lowest BCUT2D eigenvalue weighted by atomic mass is 10.1. The van der Waals surface area contributed by atoms with Crippen molar-refractivity contribution in [2.45, 2.75) is 32.2 Å². The van der Waals surface area contributed by atoms with E-state index >= 15 is 0 Å². The summed E-state index contributed by atoms with van der Waals surface area (Å²) < 4.78 is 0. The molecule has 1 fully saturated rings. The van der Waals surface area contributed by atoms with Gasteiger partial charge in [-0.2, -0.15) is 0 Å². The Morgan fingerprint density at radius 1 is 1.60 bits per heavy atom. The fraction of sp³-hybridized carbons (Fsp3) is 0.800. The van der Waals surface area contributed by atoms with Crippen molar-refractivity contribution in [3.05, 3.63) is 0 Å². The molecule has 5 nitrogen and oxygen atoms in total. The number of carboxylic acids is 1. The first-order chi connectivity index (χ1) is 7.11. The molecule has 0 saturated carbocycles. The van der Waals surface area contributed by atoms with Crippen LogP contribution in [-0.2, 0) is 9.59 Å². The highest BCUT2D eigenvalue weighted by atomic mass is 16.4. The molecule has 0 spiro atoms. The molecule has 1 amide bonds. The SMILES string of the molecule is CC(CCNC(=O)C1CCCN1)C(=O)O. The van der Waals surface area contributed by atoms with E-state index < -0.39 is 11.9 Å². The third kappa shape index (κ3) is 3.87. The highest BCUT2D eigenvalue weighted by Crippen LogP contribution is 2.05. The molecule has 0 aromatic heterocycles. The molecule has 2 atom stereocenters. The van der Waals surface area contributed by atoms with E-state index in [1.807, 2.05) is 0 Å². The van der Waals surface area contributed by atoms with Crippen LogP contribution in [0.3, 0.4) is 0 Å². The summed E-state index contributed by atoms with van der Waals surface area (Å²) in [6, 6.07) is -0.0786. The van der Waals surface area contributed by atoms with E-state index in [4.69, 9.17) is 5.11 Å². The Labute approximate surface area is 89.2 Å². The molecule has 15 heavy (non-hydrogen) atoms. The van der Waals surface area contributed by atoms with Gasteiger partial charge >= 0.3 is 5.97 Å². The molecular formula is C10H18N2O3. The molecule has 0 radical (unpaired) electrons. The van der Waals surface area contributed by atoms with Crippen LogP contribution in [0.25, 0.3) is 0 Å². The average molecular weight is 214 g/mol. The zero-order valence-corrected chi connectivity index (χ0v) is 8.95. The number of carbonyl (C=O) groups is 2. The topological polar surface area (TPSA) is 78.4 Å². The smallest absolute Gasteiger partial charge is 0.306 e. The van der Waals surface area contributed by atoms with Crippen LogP contribution in [-0.4, -0.2) is 36.1 Å². The Morgan fingerprint density at radius 3 is 2.87 bits per heavy atom. The minimum absolute atomic E-state index is 0.00918. The summed E-state index contributed by atoms with van der Waals surface area (Å²) in [6.45, 7) is 2.97. The lowest BCUT2D eigenvalue weighted by Gasteiger charge is -2.12. The molecule has 1 heterocycles. The summed E-state index contributed by atoms with van der Waals surface area (Å²) in [4.78, 5) is 22.0. The molecule has 86 valence electrons. The van der Waals surface area contributed by atoms with Crippen LogP contribution in [0.2, 0.25) is 0 Å². The maximum atomic E-state index is 11.5. The van der Waals surface area contributed by atoms with Crippen LogP contribution in [0.5, 0.6) is 0 Å². The number of nitrogens with one attached hydrogen (secondary N) is 2. The fourth-order valence-electron chi connectivity index (χ4n) is 1.57. The lowest BCUT2D eigenvalue weighted by Crippen LogP contribution is -2.41. The summed E-state index contributed by atoms with van der Waals surface area (Å²) in [5, 5.41) is 14.5. The van der Waals surface area contributed by atoms with Crippen LogP contribution < -0.4 is 10.6 Å². The Kier molecular flexibility index (Phi) is 4.55. The average Bonchev–Trinajstić information content (AvgIpc) is 2.70. The first-order valence-electron chi connectivity index (χ1n) is 5.35. The highest BCUT2D eigenvalue weighted by molar-refractivity contribution is 5.82. The summed E-state index contributed by atoms with van der Waals surface area (Å²) in [5.74, 6) is -1.23. The van der Waals surface area contributed by atoms with E-state index in [9.17, 15) is 9.59 Å². The Morgan fingerprint density at radius 2 is 2.33 bits per heavy atom. The summed E-state index contributed by atoms with van der Waals surface area (Å²) in [7, 11) is 0. The first-order valence-corrected chi connectivity index (χ1v) is 5.35. The second kappa shape index (κ2) is 5.70. The van der Waals surface area contributed by atoms with Gasteiger partial charge in [-0.15, -0.1) is 0 Å². The van der Waals surface area contributed by atoms with E-state index in [-0.39, 0.29) is 11.9 Å². The van der Waals surface area contributed by atoms with Crippen molar-refractivity contribution in [1.82, 2.24) is 10.6 Å². The largest absolute Gasteiger partial charge is 0.481 e. The lowest BCUT2D eigenvalue weighted by molar-refractivity contribution is -0.141. The Bertz CT molecular complexity index is 237. The van der Waals surface area contributed by atoms with Gasteiger partial charge in [0.05, 0.1) is 12.0 Å². The van der Waals surface area contributed by atoms with Crippen molar-refractivity contribution in [3.63, 3.8) is 0 Å². The van der Waals surface area contributed by atoms with Crippen molar-refractivity contribution < 1.29 is 14.7 Å². The number of carbonyl (C=O) groups excluding carboxylic acids is 1. The molecule has 0 bridgehead atoms. The fourth-order valence-corrected chi connectivity index (χ4v) is 1.57. The van der Waals surface area contributed by atoms with Crippen LogP contribution in [0, 0.1) is 5.92 Å². The maximum absolute atomic E-state index is 11.5. The van der Waals surface area contributed by atoms with Crippen molar-refractivity contribution in [2.75, 3.05) is 13.1 Å². The van der Waals surface area contributed by atoms with Gasteiger partial charge in [0.1, 0.15) is 0 Å². The third-order valence-electron chi connectivity index (χ3n) is 2.67. The van der Waals surface area contributed by atoms with Gasteiger partial charge < -0.3 is 15.7 Å². The van der Waals surface area contributed by atoms with Crippen LogP contribution in [0.1, 0.15) is 26.2 Å². The van der Waals surface area contributed by atoms with Crippen molar-refractivity contribution >= 4 is 11.9 Å². The molecule has 1 aliphatic heterocycles. The van der Waals surface area contributed by atoms with Gasteiger partial charge in [-0.25, -0.2) is 0 Å². The zero-order chi connectivity index (χ0) is 11.3. The van der Waals surface area contributed by atoms with Gasteiger partial charge in [0.25, 0.3) is 0 Å². The molecule has 1 saturated heterocycles. The predicted octanol–water partition coefficient (Wildman–Crippen LogP) is -0.0346. The summed E-state index contributed by atoms with van der Waals surface area (Å²) in [6.07, 6.45) is 2.39. The van der Waals surface area contributed by atoms with Gasteiger partial charge in [0.2, 0.25) is 5.91 Å². The van der Waals surface area contributed by atoms with Crippen molar-refractivity contribution in [1.29, 1.82) is 0 Å². The number of carboxylic acid groups (broad SMARTS) is 1. The van der Waals surface area contributed by atoms with E-state index in [1.165, 1.54) is 0 Å². The standard InChI is InChI=1S/C10H18N2O3/c1-7(10(14)15)4-6-12-9(13)8-3-2-5-11-8/h7-8,11H,2-6H2,1H3,(H,12,13)(H,14,15). The summed E-state index contributed by atoms with van der Waals surface area (Å²) in [5.41, 5.74) is 0. The van der Waals surface area contributed by atoms with E-state index in [0.29, 0.717) is 13.0 Å². The molecule has 5 heteroatoms. The number of hydrogen-bond acceptors (Lipinski definition) is 3. The molecule has 2 unspecified atom stereocenters. The van der Waals surface area contributed by atoms with E-state index in [0.717, 1.165) is 19.4 Å². The van der Waals surface area contributed by atoms with Crippen LogP contribution >= 0.6 is 0 Å². The molecule has 1 rings (SSSR count). The van der Waals surface area contributed by atoms with Crippen molar-refractivity contribution in [3.8, 4) is 0 Å². The molecule has 1 aliphatic rings. The van der Waals surface area contributed by atoms with Crippen LogP contribution in [0.4, 0.5) is 0 Å². The van der Waals surface area contributed by atoms with Crippen molar-refractivity contribution in [2.24, 2.45) is 5.92 Å². The first kappa shape index (κ1) is 12.0. The van der Waals surface area contributed by atoms with E-state index in [1.54, 1.807) is 6.92 Å². The molecule has 0 aliphatic carbocycles. The number of hydrogen-bond donors (Lipinski definition) is 3. The maximum Gasteiger partial charge on any atom is 0.306 e. The Hall–Kier alpha value is -1.10. The molecular weight excluding hydrogens is 196 g/mol. The van der Waals surface area contributed by atoms with Gasteiger partial charge in [0, 0.05) is 6.54 Å². The van der Waals surface area contributed by atoms with Gasteiger partial charge in [-0.1, -0.05) is 6.92 Å². The minimum Gasteiger partial charge on any atom is -0.481 e. The molecule has 0 aromatic carbocycles. The number of rotatable bonds is 5. The van der Waals surface area contributed by atoms with Gasteiger partial charge in [-0.3, -0.25) is 9.59 Å². The predicted molar refractivity (Wildman–Crippen MR) is 55.5 cm³/mol. The van der Waals surface area contributed by atoms with Crippen LogP contribution in [0.15, 0.2) is 0 Å². The molecule has 3 N–H and O–H groups in total. The second-order valence-electron chi connectivity index (χ2n) is 3.97. The number of aliphatic carboxylic acids is 1. The Balaban J connectivity index is 2.14. The summed E-state index contributed by atoms with van der Waals surface area (Å²) >= 11 is 0. The highest BCUT2D eigenvalue weighted by Gasteiger charge is 2.21. The monoisotopic (exact) mass is 214 g/mol. The molecule has 0 aromatic rings. The minimum atomic E-state index is -0.816. The normalized spacial score (nSPS) is 22.3.